The highest BCUT2D eigenvalue weighted by molar-refractivity contribution is 4.71. The van der Waals surface area contributed by atoms with Gasteiger partial charge < -0.3 is 5.32 Å². The molecule has 1 fully saturated rings. The summed E-state index contributed by atoms with van der Waals surface area (Å²) in [5, 5.41) is 3.57. The SMILES string of the molecule is CCCNCC1CCCC(CC)CC1. The molecule has 1 N–H and O–H groups in total. The van der Waals surface area contributed by atoms with Gasteiger partial charge in [0.1, 0.15) is 0 Å². The van der Waals surface area contributed by atoms with Gasteiger partial charge in [0.15, 0.2) is 0 Å². The minimum Gasteiger partial charge on any atom is -0.316 e. The van der Waals surface area contributed by atoms with E-state index in [2.05, 4.69) is 19.2 Å². The van der Waals surface area contributed by atoms with Crippen LogP contribution in [0.4, 0.5) is 0 Å². The third-order valence-corrected chi connectivity index (χ3v) is 3.65. The number of nitrogens with one attached hydrogen (secondary N) is 1. The maximum absolute atomic E-state index is 3.57. The maximum atomic E-state index is 3.57. The summed E-state index contributed by atoms with van der Waals surface area (Å²) < 4.78 is 0. The van der Waals surface area contributed by atoms with Crippen LogP contribution in [0.1, 0.15) is 58.8 Å². The lowest BCUT2D eigenvalue weighted by Gasteiger charge is -2.14. The summed E-state index contributed by atoms with van der Waals surface area (Å²) in [6.07, 6.45) is 10.0. The van der Waals surface area contributed by atoms with Crippen LogP contribution in [0, 0.1) is 11.8 Å². The molecule has 1 aliphatic carbocycles. The van der Waals surface area contributed by atoms with Gasteiger partial charge in [0, 0.05) is 0 Å². The molecule has 2 atom stereocenters. The Morgan fingerprint density at radius 3 is 2.43 bits per heavy atom. The van der Waals surface area contributed by atoms with Crippen LogP contribution in [-0.4, -0.2) is 13.1 Å². The average Bonchev–Trinajstić information content (AvgIpc) is 2.43. The second-order valence-corrected chi connectivity index (χ2v) is 4.85. The number of hydrogen-bond acceptors (Lipinski definition) is 1. The van der Waals surface area contributed by atoms with Crippen molar-refractivity contribution in [2.24, 2.45) is 11.8 Å². The zero-order chi connectivity index (χ0) is 10.2. The highest BCUT2D eigenvalue weighted by Gasteiger charge is 2.16. The first-order valence-electron chi connectivity index (χ1n) is 6.57. The quantitative estimate of drug-likeness (QED) is 0.524. The Morgan fingerprint density at radius 1 is 1.00 bits per heavy atom. The fourth-order valence-corrected chi connectivity index (χ4v) is 2.55. The van der Waals surface area contributed by atoms with Crippen molar-refractivity contribution in [3.8, 4) is 0 Å². The zero-order valence-corrected chi connectivity index (χ0v) is 10.0. The van der Waals surface area contributed by atoms with E-state index < -0.39 is 0 Å². The molecule has 0 saturated heterocycles. The minimum absolute atomic E-state index is 0.970. The normalized spacial score (nSPS) is 28.7. The van der Waals surface area contributed by atoms with E-state index >= 15 is 0 Å². The first kappa shape index (κ1) is 12.0. The smallest absolute Gasteiger partial charge is 0.00205 e. The third-order valence-electron chi connectivity index (χ3n) is 3.65. The van der Waals surface area contributed by atoms with Gasteiger partial charge in [-0.15, -0.1) is 0 Å². The number of hydrogen-bond donors (Lipinski definition) is 1. The fraction of sp³-hybridized carbons (Fsp3) is 1.00. The summed E-state index contributed by atoms with van der Waals surface area (Å²) in [6.45, 7) is 7.06. The van der Waals surface area contributed by atoms with Crippen LogP contribution in [0.5, 0.6) is 0 Å². The molecular formula is C13H27N. The summed E-state index contributed by atoms with van der Waals surface area (Å²) >= 11 is 0. The average molecular weight is 197 g/mol. The molecule has 2 unspecified atom stereocenters. The highest BCUT2D eigenvalue weighted by Crippen LogP contribution is 2.28. The predicted octanol–water partition coefficient (Wildman–Crippen LogP) is 3.59. The molecule has 0 radical (unpaired) electrons. The molecule has 84 valence electrons. The largest absolute Gasteiger partial charge is 0.316 e. The first-order valence-corrected chi connectivity index (χ1v) is 6.57. The van der Waals surface area contributed by atoms with E-state index in [-0.39, 0.29) is 0 Å². The van der Waals surface area contributed by atoms with Gasteiger partial charge in [-0.2, -0.15) is 0 Å². The Labute approximate surface area is 89.7 Å². The van der Waals surface area contributed by atoms with Crippen LogP contribution in [-0.2, 0) is 0 Å². The molecule has 0 aromatic rings. The third kappa shape index (κ3) is 4.45. The van der Waals surface area contributed by atoms with Gasteiger partial charge in [0.2, 0.25) is 0 Å². The molecule has 1 saturated carbocycles. The molecule has 1 heteroatoms. The van der Waals surface area contributed by atoms with Crippen molar-refractivity contribution < 1.29 is 0 Å². The molecule has 0 amide bonds. The van der Waals surface area contributed by atoms with Crippen LogP contribution in [0.25, 0.3) is 0 Å². The van der Waals surface area contributed by atoms with Crippen molar-refractivity contribution in [1.82, 2.24) is 5.32 Å². The van der Waals surface area contributed by atoms with Gasteiger partial charge in [0.25, 0.3) is 0 Å². The van der Waals surface area contributed by atoms with Gasteiger partial charge in [-0.3, -0.25) is 0 Å². The van der Waals surface area contributed by atoms with Crippen LogP contribution in [0.15, 0.2) is 0 Å². The second-order valence-electron chi connectivity index (χ2n) is 4.85. The lowest BCUT2D eigenvalue weighted by Crippen LogP contribution is -2.23. The van der Waals surface area contributed by atoms with E-state index in [1.807, 2.05) is 0 Å². The monoisotopic (exact) mass is 197 g/mol. The van der Waals surface area contributed by atoms with Crippen LogP contribution < -0.4 is 5.32 Å². The molecule has 1 nitrogen and oxygen atoms in total. The Kier molecular flexibility index (Phi) is 6.25. The summed E-state index contributed by atoms with van der Waals surface area (Å²) in [5.74, 6) is 2.00. The van der Waals surface area contributed by atoms with Crippen LogP contribution in [0.2, 0.25) is 0 Å². The summed E-state index contributed by atoms with van der Waals surface area (Å²) in [6, 6.07) is 0. The molecule has 1 aliphatic rings. The van der Waals surface area contributed by atoms with Crippen molar-refractivity contribution in [1.29, 1.82) is 0 Å². The van der Waals surface area contributed by atoms with Gasteiger partial charge >= 0.3 is 0 Å². The fourth-order valence-electron chi connectivity index (χ4n) is 2.55. The van der Waals surface area contributed by atoms with Crippen molar-refractivity contribution in [2.75, 3.05) is 13.1 Å². The van der Waals surface area contributed by atoms with Gasteiger partial charge in [-0.05, 0) is 44.2 Å². The predicted molar refractivity (Wildman–Crippen MR) is 63.5 cm³/mol. The maximum Gasteiger partial charge on any atom is -0.00205 e. The van der Waals surface area contributed by atoms with Crippen LogP contribution >= 0.6 is 0 Å². The van der Waals surface area contributed by atoms with Crippen molar-refractivity contribution >= 4 is 0 Å². The molecule has 0 bridgehead atoms. The Bertz CT molecular complexity index is 133. The molecule has 14 heavy (non-hydrogen) atoms. The van der Waals surface area contributed by atoms with Gasteiger partial charge in [0.05, 0.1) is 0 Å². The van der Waals surface area contributed by atoms with E-state index in [0.29, 0.717) is 0 Å². The lowest BCUT2D eigenvalue weighted by atomic mass is 9.96. The molecular weight excluding hydrogens is 170 g/mol. The van der Waals surface area contributed by atoms with Crippen molar-refractivity contribution in [3.05, 3.63) is 0 Å². The minimum atomic E-state index is 0.970. The summed E-state index contributed by atoms with van der Waals surface area (Å²) in [7, 11) is 0. The standard InChI is InChI=1S/C13H27N/c1-3-10-14-11-13-7-5-6-12(4-2)8-9-13/h12-14H,3-11H2,1-2H3. The lowest BCUT2D eigenvalue weighted by molar-refractivity contribution is 0.405. The summed E-state index contributed by atoms with van der Waals surface area (Å²) in [4.78, 5) is 0. The molecule has 0 aliphatic heterocycles. The van der Waals surface area contributed by atoms with E-state index in [1.165, 1.54) is 58.0 Å². The zero-order valence-electron chi connectivity index (χ0n) is 10.0. The molecule has 0 heterocycles. The second kappa shape index (κ2) is 7.28. The van der Waals surface area contributed by atoms with Gasteiger partial charge in [-0.1, -0.05) is 39.5 Å². The number of rotatable bonds is 5. The summed E-state index contributed by atoms with van der Waals surface area (Å²) in [5.41, 5.74) is 0. The first-order chi connectivity index (χ1) is 6.86. The van der Waals surface area contributed by atoms with E-state index in [4.69, 9.17) is 0 Å². The molecule has 0 spiro atoms. The Morgan fingerprint density at radius 2 is 1.71 bits per heavy atom. The molecule has 1 rings (SSSR count). The Hall–Kier alpha value is -0.0400. The van der Waals surface area contributed by atoms with Crippen LogP contribution in [0.3, 0.4) is 0 Å². The van der Waals surface area contributed by atoms with Gasteiger partial charge in [-0.25, -0.2) is 0 Å². The van der Waals surface area contributed by atoms with E-state index in [1.54, 1.807) is 0 Å². The van der Waals surface area contributed by atoms with E-state index in [9.17, 15) is 0 Å². The molecule has 0 aromatic heterocycles. The van der Waals surface area contributed by atoms with Crippen molar-refractivity contribution in [2.45, 2.75) is 58.8 Å². The highest BCUT2D eigenvalue weighted by atomic mass is 14.8. The van der Waals surface area contributed by atoms with Crippen molar-refractivity contribution in [3.63, 3.8) is 0 Å². The van der Waals surface area contributed by atoms with E-state index in [0.717, 1.165) is 11.8 Å². The Balaban J connectivity index is 2.14. The topological polar surface area (TPSA) is 12.0 Å². The molecule has 0 aromatic carbocycles.